The number of rotatable bonds is 8. The molecular formula is C16H26O. The standard InChI is InChI=1S/C16H26O/c1-7-12(2)8-9-13(3)14(4)10-11-15(5)16(6)17/h10-13H,4-5,7-9H2,1-3,6H3/b11-10-. The Balaban J connectivity index is 4.14. The third-order valence-corrected chi connectivity index (χ3v) is 3.37. The first-order valence-electron chi connectivity index (χ1n) is 6.45. The van der Waals surface area contributed by atoms with E-state index >= 15 is 0 Å². The van der Waals surface area contributed by atoms with Gasteiger partial charge in [0.15, 0.2) is 5.78 Å². The second-order valence-corrected chi connectivity index (χ2v) is 4.98. The van der Waals surface area contributed by atoms with Crippen LogP contribution in [0.2, 0.25) is 0 Å². The van der Waals surface area contributed by atoms with E-state index in [0.717, 1.165) is 17.9 Å². The lowest BCUT2D eigenvalue weighted by molar-refractivity contribution is -0.113. The summed E-state index contributed by atoms with van der Waals surface area (Å²) in [5, 5.41) is 0. The quantitative estimate of drug-likeness (QED) is 0.439. The van der Waals surface area contributed by atoms with Crippen LogP contribution in [-0.2, 0) is 4.79 Å². The molecule has 0 rings (SSSR count). The molecule has 0 N–H and O–H groups in total. The first-order valence-corrected chi connectivity index (χ1v) is 6.45. The molecule has 17 heavy (non-hydrogen) atoms. The number of ketones is 1. The van der Waals surface area contributed by atoms with E-state index in [0.29, 0.717) is 11.5 Å². The van der Waals surface area contributed by atoms with Gasteiger partial charge < -0.3 is 0 Å². The van der Waals surface area contributed by atoms with Gasteiger partial charge in [-0.05, 0) is 25.2 Å². The van der Waals surface area contributed by atoms with E-state index in [4.69, 9.17) is 0 Å². The van der Waals surface area contributed by atoms with Crippen molar-refractivity contribution >= 4 is 5.78 Å². The minimum absolute atomic E-state index is 0.0151. The number of carbonyl (C=O) groups is 1. The molecule has 0 aliphatic rings. The number of carbonyl (C=O) groups excluding carboxylic acids is 1. The van der Waals surface area contributed by atoms with Crippen LogP contribution in [0.5, 0.6) is 0 Å². The maximum absolute atomic E-state index is 11.0. The van der Waals surface area contributed by atoms with Gasteiger partial charge in [-0.3, -0.25) is 4.79 Å². The van der Waals surface area contributed by atoms with E-state index in [1.54, 1.807) is 6.08 Å². The van der Waals surface area contributed by atoms with Crippen molar-refractivity contribution < 1.29 is 4.79 Å². The van der Waals surface area contributed by atoms with E-state index in [1.807, 2.05) is 6.08 Å². The minimum Gasteiger partial charge on any atom is -0.295 e. The van der Waals surface area contributed by atoms with Crippen molar-refractivity contribution in [1.82, 2.24) is 0 Å². The molecule has 0 aromatic carbocycles. The third-order valence-electron chi connectivity index (χ3n) is 3.37. The van der Waals surface area contributed by atoms with E-state index in [1.165, 1.54) is 19.8 Å². The van der Waals surface area contributed by atoms with Crippen LogP contribution in [-0.4, -0.2) is 5.78 Å². The van der Waals surface area contributed by atoms with Crippen LogP contribution in [0, 0.1) is 11.8 Å². The molecule has 0 bridgehead atoms. The summed E-state index contributed by atoms with van der Waals surface area (Å²) in [4.78, 5) is 11.0. The number of Topliss-reactive ketones (excluding diaryl/α,β-unsaturated/α-hetero) is 1. The number of allylic oxidation sites excluding steroid dienone is 4. The molecule has 96 valence electrons. The van der Waals surface area contributed by atoms with Gasteiger partial charge in [0.1, 0.15) is 0 Å². The topological polar surface area (TPSA) is 17.1 Å². The molecular weight excluding hydrogens is 208 g/mol. The van der Waals surface area contributed by atoms with Crippen molar-refractivity contribution in [2.24, 2.45) is 11.8 Å². The molecule has 0 fully saturated rings. The summed E-state index contributed by atoms with van der Waals surface area (Å²) in [6, 6.07) is 0. The van der Waals surface area contributed by atoms with Crippen molar-refractivity contribution in [3.8, 4) is 0 Å². The highest BCUT2D eigenvalue weighted by Crippen LogP contribution is 2.20. The fourth-order valence-corrected chi connectivity index (χ4v) is 1.41. The van der Waals surface area contributed by atoms with E-state index in [9.17, 15) is 4.79 Å². The summed E-state index contributed by atoms with van der Waals surface area (Å²) in [5.41, 5.74) is 1.62. The van der Waals surface area contributed by atoms with Crippen LogP contribution in [0.25, 0.3) is 0 Å². The SMILES string of the molecule is C=C(/C=C\C(=C)C(C)CCC(C)CC)C(C)=O. The highest BCUT2D eigenvalue weighted by molar-refractivity contribution is 5.95. The summed E-state index contributed by atoms with van der Waals surface area (Å²) in [5.74, 6) is 1.27. The fourth-order valence-electron chi connectivity index (χ4n) is 1.41. The molecule has 2 unspecified atom stereocenters. The highest BCUT2D eigenvalue weighted by atomic mass is 16.1. The van der Waals surface area contributed by atoms with Gasteiger partial charge in [-0.15, -0.1) is 0 Å². The van der Waals surface area contributed by atoms with Crippen LogP contribution >= 0.6 is 0 Å². The molecule has 0 saturated heterocycles. The maximum atomic E-state index is 11.0. The molecule has 0 aromatic rings. The molecule has 1 nitrogen and oxygen atoms in total. The fraction of sp³-hybridized carbons (Fsp3) is 0.562. The van der Waals surface area contributed by atoms with Crippen LogP contribution in [0.1, 0.15) is 47.0 Å². The Kier molecular flexibility index (Phi) is 7.53. The van der Waals surface area contributed by atoms with Gasteiger partial charge in [-0.2, -0.15) is 0 Å². The Hall–Kier alpha value is -1.11. The van der Waals surface area contributed by atoms with Crippen LogP contribution in [0.3, 0.4) is 0 Å². The molecule has 0 heterocycles. The van der Waals surface area contributed by atoms with Crippen molar-refractivity contribution in [2.45, 2.75) is 47.0 Å². The molecule has 1 heteroatoms. The average molecular weight is 234 g/mol. The Bertz CT molecular complexity index is 309. The third kappa shape index (κ3) is 6.93. The van der Waals surface area contributed by atoms with Crippen molar-refractivity contribution in [2.75, 3.05) is 0 Å². The average Bonchev–Trinajstić information content (AvgIpc) is 2.31. The molecule has 0 aromatic heterocycles. The Morgan fingerprint density at radius 1 is 1.18 bits per heavy atom. The molecule has 0 radical (unpaired) electrons. The summed E-state index contributed by atoms with van der Waals surface area (Å²) >= 11 is 0. The largest absolute Gasteiger partial charge is 0.295 e. The van der Waals surface area contributed by atoms with Gasteiger partial charge in [-0.1, -0.05) is 64.5 Å². The molecule has 0 saturated carbocycles. The van der Waals surface area contributed by atoms with Crippen LogP contribution < -0.4 is 0 Å². The Morgan fingerprint density at radius 2 is 1.76 bits per heavy atom. The smallest absolute Gasteiger partial charge is 0.159 e. The zero-order valence-corrected chi connectivity index (χ0v) is 11.8. The molecule has 0 aliphatic carbocycles. The summed E-state index contributed by atoms with van der Waals surface area (Å²) in [6.45, 7) is 16.0. The summed E-state index contributed by atoms with van der Waals surface area (Å²) < 4.78 is 0. The van der Waals surface area contributed by atoms with Gasteiger partial charge in [-0.25, -0.2) is 0 Å². The van der Waals surface area contributed by atoms with Crippen molar-refractivity contribution in [3.05, 3.63) is 36.5 Å². The number of hydrogen-bond acceptors (Lipinski definition) is 1. The lowest BCUT2D eigenvalue weighted by Crippen LogP contribution is -2.01. The van der Waals surface area contributed by atoms with E-state index < -0.39 is 0 Å². The molecule has 0 aliphatic heterocycles. The van der Waals surface area contributed by atoms with Crippen molar-refractivity contribution in [3.63, 3.8) is 0 Å². The van der Waals surface area contributed by atoms with Crippen LogP contribution in [0.15, 0.2) is 36.5 Å². The Labute approximate surface area is 106 Å². The molecule has 0 amide bonds. The predicted molar refractivity (Wildman–Crippen MR) is 76.0 cm³/mol. The molecule has 2 atom stereocenters. The lowest BCUT2D eigenvalue weighted by Gasteiger charge is -2.14. The van der Waals surface area contributed by atoms with Gasteiger partial charge in [0.2, 0.25) is 0 Å². The zero-order valence-electron chi connectivity index (χ0n) is 11.8. The second kappa shape index (κ2) is 8.05. The first-order chi connectivity index (χ1) is 7.88. The maximum Gasteiger partial charge on any atom is 0.159 e. The summed E-state index contributed by atoms with van der Waals surface area (Å²) in [6.07, 6.45) is 7.31. The predicted octanol–water partition coefficient (Wildman–Crippen LogP) is 4.71. The minimum atomic E-state index is 0.0151. The van der Waals surface area contributed by atoms with E-state index in [2.05, 4.69) is 33.9 Å². The van der Waals surface area contributed by atoms with Crippen molar-refractivity contribution in [1.29, 1.82) is 0 Å². The molecule has 0 spiro atoms. The second-order valence-electron chi connectivity index (χ2n) is 4.98. The monoisotopic (exact) mass is 234 g/mol. The lowest BCUT2D eigenvalue weighted by atomic mass is 9.91. The normalized spacial score (nSPS) is 14.6. The Morgan fingerprint density at radius 3 is 2.24 bits per heavy atom. The van der Waals surface area contributed by atoms with Gasteiger partial charge in [0.05, 0.1) is 0 Å². The van der Waals surface area contributed by atoms with Gasteiger partial charge >= 0.3 is 0 Å². The summed E-state index contributed by atoms with van der Waals surface area (Å²) in [7, 11) is 0. The van der Waals surface area contributed by atoms with Crippen LogP contribution in [0.4, 0.5) is 0 Å². The first kappa shape index (κ1) is 15.9. The zero-order chi connectivity index (χ0) is 13.4. The highest BCUT2D eigenvalue weighted by Gasteiger charge is 2.07. The van der Waals surface area contributed by atoms with E-state index in [-0.39, 0.29) is 5.78 Å². The van der Waals surface area contributed by atoms with Gasteiger partial charge in [0, 0.05) is 5.57 Å². The number of hydrogen-bond donors (Lipinski definition) is 0. The van der Waals surface area contributed by atoms with Gasteiger partial charge in [0.25, 0.3) is 0 Å².